The maximum atomic E-state index is 12.5. The number of nitro benzene ring substituents is 1. The Hall–Kier alpha value is -2.49. The standard InChI is InChI=1S/C15H13ClN2O6S/c16-11-6-4-10(5-7-11)14(9-15(19)20)17-25(23,24)13-3-1-2-12(8-13)18(21)22/h1-8,14,17H,9H2,(H,19,20)/p-1/t14-/m1/s1. The van der Waals surface area contributed by atoms with Gasteiger partial charge in [0, 0.05) is 29.5 Å². The Balaban J connectivity index is 2.36. The van der Waals surface area contributed by atoms with Crippen molar-refractivity contribution in [2.24, 2.45) is 0 Å². The maximum absolute atomic E-state index is 12.5. The Morgan fingerprint density at radius 1 is 1.20 bits per heavy atom. The predicted molar refractivity (Wildman–Crippen MR) is 87.2 cm³/mol. The number of sulfonamides is 1. The molecule has 0 spiro atoms. The van der Waals surface area contributed by atoms with E-state index >= 15 is 0 Å². The van der Waals surface area contributed by atoms with Crippen LogP contribution in [0.5, 0.6) is 0 Å². The van der Waals surface area contributed by atoms with Gasteiger partial charge in [0.25, 0.3) is 5.69 Å². The van der Waals surface area contributed by atoms with Gasteiger partial charge in [-0.3, -0.25) is 10.1 Å². The van der Waals surface area contributed by atoms with Gasteiger partial charge in [0.05, 0.1) is 15.9 Å². The van der Waals surface area contributed by atoms with Crippen molar-refractivity contribution in [3.8, 4) is 0 Å². The lowest BCUT2D eigenvalue weighted by molar-refractivity contribution is -0.385. The Bertz CT molecular complexity index is 898. The van der Waals surface area contributed by atoms with E-state index in [4.69, 9.17) is 11.6 Å². The molecular weight excluding hydrogens is 372 g/mol. The summed E-state index contributed by atoms with van der Waals surface area (Å²) in [7, 11) is -4.20. The first-order chi connectivity index (χ1) is 11.7. The zero-order valence-corrected chi connectivity index (χ0v) is 14.2. The fourth-order valence-electron chi connectivity index (χ4n) is 2.11. The molecule has 2 rings (SSSR count). The third kappa shape index (κ3) is 4.99. The SMILES string of the molecule is O=C([O-])C[C@@H](NS(=O)(=O)c1cccc([N+](=O)[O-])c1)c1ccc(Cl)cc1. The van der Waals surface area contributed by atoms with E-state index in [0.29, 0.717) is 10.6 Å². The van der Waals surface area contributed by atoms with Crippen LogP contribution in [-0.4, -0.2) is 19.3 Å². The van der Waals surface area contributed by atoms with Crippen LogP contribution in [0.3, 0.4) is 0 Å². The zero-order chi connectivity index (χ0) is 18.6. The second kappa shape index (κ2) is 7.60. The van der Waals surface area contributed by atoms with E-state index < -0.39 is 39.1 Å². The number of aliphatic carboxylic acids is 1. The molecule has 1 N–H and O–H groups in total. The number of hydrogen-bond donors (Lipinski definition) is 1. The average Bonchev–Trinajstić information content (AvgIpc) is 2.54. The number of carboxylic acid groups (broad SMARTS) is 1. The molecule has 0 heterocycles. The molecule has 0 bridgehead atoms. The van der Waals surface area contributed by atoms with Crippen molar-refractivity contribution in [1.82, 2.24) is 4.72 Å². The minimum Gasteiger partial charge on any atom is -0.550 e. The lowest BCUT2D eigenvalue weighted by atomic mass is 10.1. The van der Waals surface area contributed by atoms with Gasteiger partial charge in [-0.2, -0.15) is 0 Å². The highest BCUT2D eigenvalue weighted by Gasteiger charge is 2.23. The number of hydrogen-bond acceptors (Lipinski definition) is 6. The van der Waals surface area contributed by atoms with E-state index in [1.165, 1.54) is 36.4 Å². The molecule has 0 aliphatic rings. The highest BCUT2D eigenvalue weighted by molar-refractivity contribution is 7.89. The van der Waals surface area contributed by atoms with Crippen molar-refractivity contribution in [2.45, 2.75) is 17.4 Å². The van der Waals surface area contributed by atoms with Gasteiger partial charge in [0.15, 0.2) is 0 Å². The molecule has 132 valence electrons. The Kier molecular flexibility index (Phi) is 5.73. The predicted octanol–water partition coefficient (Wildman–Crippen LogP) is 1.41. The van der Waals surface area contributed by atoms with Crippen LogP contribution < -0.4 is 9.83 Å². The number of non-ortho nitro benzene ring substituents is 1. The van der Waals surface area contributed by atoms with Gasteiger partial charge in [-0.15, -0.1) is 0 Å². The number of nitro groups is 1. The second-order valence-corrected chi connectivity index (χ2v) is 7.21. The molecule has 0 amide bonds. The molecule has 0 radical (unpaired) electrons. The minimum atomic E-state index is -4.20. The van der Waals surface area contributed by atoms with E-state index in [2.05, 4.69) is 4.72 Å². The zero-order valence-electron chi connectivity index (χ0n) is 12.6. The van der Waals surface area contributed by atoms with Crippen molar-refractivity contribution >= 4 is 33.3 Å². The summed E-state index contributed by atoms with van der Waals surface area (Å²) >= 11 is 5.77. The summed E-state index contributed by atoms with van der Waals surface area (Å²) in [4.78, 5) is 20.7. The van der Waals surface area contributed by atoms with Crippen molar-refractivity contribution in [3.05, 3.63) is 69.2 Å². The summed E-state index contributed by atoms with van der Waals surface area (Å²) in [5.74, 6) is -1.46. The lowest BCUT2D eigenvalue weighted by Gasteiger charge is -2.20. The van der Waals surface area contributed by atoms with E-state index in [-0.39, 0.29) is 4.90 Å². The van der Waals surface area contributed by atoms with Crippen LogP contribution in [0.15, 0.2) is 53.4 Å². The van der Waals surface area contributed by atoms with E-state index in [9.17, 15) is 28.4 Å². The molecule has 2 aromatic carbocycles. The van der Waals surface area contributed by atoms with Gasteiger partial charge in [-0.1, -0.05) is 29.8 Å². The highest BCUT2D eigenvalue weighted by atomic mass is 35.5. The highest BCUT2D eigenvalue weighted by Crippen LogP contribution is 2.23. The molecule has 0 saturated carbocycles. The van der Waals surface area contributed by atoms with Crippen molar-refractivity contribution < 1.29 is 23.2 Å². The van der Waals surface area contributed by atoms with Crippen molar-refractivity contribution in [2.75, 3.05) is 0 Å². The van der Waals surface area contributed by atoms with E-state index in [0.717, 1.165) is 12.1 Å². The Morgan fingerprint density at radius 3 is 2.40 bits per heavy atom. The summed E-state index contributed by atoms with van der Waals surface area (Å²) in [6.07, 6.45) is -0.615. The number of rotatable bonds is 7. The first kappa shape index (κ1) is 18.8. The molecule has 25 heavy (non-hydrogen) atoms. The third-order valence-electron chi connectivity index (χ3n) is 3.28. The number of nitrogens with zero attached hydrogens (tertiary/aromatic N) is 1. The fraction of sp³-hybridized carbons (Fsp3) is 0.133. The molecule has 0 fully saturated rings. The molecule has 0 aromatic heterocycles. The van der Waals surface area contributed by atoms with Gasteiger partial charge < -0.3 is 9.90 Å². The molecule has 10 heteroatoms. The van der Waals surface area contributed by atoms with Gasteiger partial charge in [0.1, 0.15) is 0 Å². The largest absolute Gasteiger partial charge is 0.550 e. The van der Waals surface area contributed by atoms with Crippen LogP contribution in [0.2, 0.25) is 5.02 Å². The van der Waals surface area contributed by atoms with Gasteiger partial charge in [-0.05, 0) is 23.8 Å². The van der Waals surface area contributed by atoms with E-state index in [1.54, 1.807) is 0 Å². The summed E-state index contributed by atoms with van der Waals surface area (Å²) in [6.45, 7) is 0. The number of halogens is 1. The summed E-state index contributed by atoms with van der Waals surface area (Å²) in [6, 6.07) is 9.25. The van der Waals surface area contributed by atoms with Crippen LogP contribution in [0.4, 0.5) is 5.69 Å². The van der Waals surface area contributed by atoms with Crippen LogP contribution in [0.25, 0.3) is 0 Å². The molecule has 8 nitrogen and oxygen atoms in total. The molecule has 0 saturated heterocycles. The molecule has 0 unspecified atom stereocenters. The summed E-state index contributed by atoms with van der Waals surface area (Å²) < 4.78 is 27.2. The number of carbonyl (C=O) groups excluding carboxylic acids is 1. The Morgan fingerprint density at radius 2 is 1.84 bits per heavy atom. The molecule has 1 atom stereocenters. The normalized spacial score (nSPS) is 12.5. The topological polar surface area (TPSA) is 129 Å². The van der Waals surface area contributed by atoms with Crippen molar-refractivity contribution in [1.29, 1.82) is 0 Å². The van der Waals surface area contributed by atoms with Crippen molar-refractivity contribution in [3.63, 3.8) is 0 Å². The second-order valence-electron chi connectivity index (χ2n) is 5.06. The number of nitrogens with one attached hydrogen (secondary N) is 1. The smallest absolute Gasteiger partial charge is 0.270 e. The number of carboxylic acids is 1. The summed E-state index contributed by atoms with van der Waals surface area (Å²) in [5, 5.41) is 22.1. The average molecular weight is 384 g/mol. The van der Waals surface area contributed by atoms with Crippen LogP contribution in [0, 0.1) is 10.1 Å². The molecule has 2 aromatic rings. The molecule has 0 aliphatic carbocycles. The van der Waals surface area contributed by atoms with Gasteiger partial charge in [-0.25, -0.2) is 13.1 Å². The van der Waals surface area contributed by atoms with Crippen LogP contribution in [-0.2, 0) is 14.8 Å². The van der Waals surface area contributed by atoms with Crippen LogP contribution in [0.1, 0.15) is 18.0 Å². The quantitative estimate of drug-likeness (QED) is 0.568. The number of benzene rings is 2. The minimum absolute atomic E-state index is 0.348. The molecular formula is C15H12ClN2O6S-. The van der Waals surface area contributed by atoms with Crippen LogP contribution >= 0.6 is 11.6 Å². The van der Waals surface area contributed by atoms with E-state index in [1.807, 2.05) is 0 Å². The monoisotopic (exact) mass is 383 g/mol. The number of carbonyl (C=O) groups is 1. The first-order valence-corrected chi connectivity index (χ1v) is 8.77. The third-order valence-corrected chi connectivity index (χ3v) is 5.00. The lowest BCUT2D eigenvalue weighted by Crippen LogP contribution is -2.34. The molecule has 0 aliphatic heterocycles. The fourth-order valence-corrected chi connectivity index (χ4v) is 3.50. The Labute approximate surface area is 148 Å². The summed E-state index contributed by atoms with van der Waals surface area (Å²) in [5.41, 5.74) is -0.0339. The maximum Gasteiger partial charge on any atom is 0.270 e. The first-order valence-electron chi connectivity index (χ1n) is 6.91. The van der Waals surface area contributed by atoms with Gasteiger partial charge >= 0.3 is 0 Å². The van der Waals surface area contributed by atoms with Gasteiger partial charge in [0.2, 0.25) is 10.0 Å².